The fourth-order valence-electron chi connectivity index (χ4n) is 4.47. The molecule has 0 fully saturated rings. The van der Waals surface area contributed by atoms with E-state index in [0.29, 0.717) is 18.7 Å². The highest BCUT2D eigenvalue weighted by atomic mass is 16.5. The van der Waals surface area contributed by atoms with Crippen molar-refractivity contribution in [3.05, 3.63) is 58.4 Å². The third-order valence-corrected chi connectivity index (χ3v) is 5.55. The number of aryl methyl sites for hydroxylation is 2. The molecule has 0 bridgehead atoms. The van der Waals surface area contributed by atoms with E-state index >= 15 is 0 Å². The Labute approximate surface area is 161 Å². The first-order valence-electron chi connectivity index (χ1n) is 9.60. The second kappa shape index (κ2) is 6.99. The Hall–Kier alpha value is -2.36. The van der Waals surface area contributed by atoms with E-state index in [9.17, 15) is 9.59 Å². The first kappa shape index (κ1) is 19.4. The number of hydrogen-bond acceptors (Lipinski definition) is 4. The van der Waals surface area contributed by atoms with Crippen LogP contribution in [0, 0.1) is 25.2 Å². The molecule has 4 nitrogen and oxygen atoms in total. The van der Waals surface area contributed by atoms with Gasteiger partial charge in [0.1, 0.15) is 5.92 Å². The molecule has 1 aromatic carbocycles. The third-order valence-electron chi connectivity index (χ3n) is 5.55. The Balaban J connectivity index is 2.20. The summed E-state index contributed by atoms with van der Waals surface area (Å²) in [6, 6.07) is 6.17. The third kappa shape index (κ3) is 3.58. The zero-order valence-electron chi connectivity index (χ0n) is 16.9. The van der Waals surface area contributed by atoms with E-state index in [1.165, 1.54) is 0 Å². The van der Waals surface area contributed by atoms with Crippen molar-refractivity contribution in [1.29, 1.82) is 0 Å². The lowest BCUT2D eigenvalue weighted by atomic mass is 9.66. The lowest BCUT2D eigenvalue weighted by Gasteiger charge is -2.42. The number of rotatable bonds is 3. The Morgan fingerprint density at radius 2 is 2.00 bits per heavy atom. The summed E-state index contributed by atoms with van der Waals surface area (Å²) in [7, 11) is 0. The molecule has 4 heteroatoms. The van der Waals surface area contributed by atoms with E-state index in [-0.39, 0.29) is 23.1 Å². The van der Waals surface area contributed by atoms with Crippen LogP contribution in [0.25, 0.3) is 0 Å². The van der Waals surface area contributed by atoms with Gasteiger partial charge in [0.25, 0.3) is 0 Å². The summed E-state index contributed by atoms with van der Waals surface area (Å²) in [6.45, 7) is 14.5. The van der Waals surface area contributed by atoms with Gasteiger partial charge in [-0.15, -0.1) is 0 Å². The van der Waals surface area contributed by atoms with Gasteiger partial charge in [-0.2, -0.15) is 0 Å². The van der Waals surface area contributed by atoms with Gasteiger partial charge in [0.05, 0.1) is 6.61 Å². The molecule has 1 aliphatic heterocycles. The number of nitrogens with one attached hydrogen (secondary N) is 1. The maximum absolute atomic E-state index is 13.2. The van der Waals surface area contributed by atoms with Gasteiger partial charge in [0.2, 0.25) is 0 Å². The predicted molar refractivity (Wildman–Crippen MR) is 106 cm³/mol. The van der Waals surface area contributed by atoms with Crippen LogP contribution in [0.1, 0.15) is 56.2 Å². The first-order chi connectivity index (χ1) is 12.6. The molecule has 0 amide bonds. The fourth-order valence-corrected chi connectivity index (χ4v) is 4.47. The highest BCUT2D eigenvalue weighted by Crippen LogP contribution is 2.48. The smallest absolute Gasteiger partial charge is 0.315 e. The number of ketones is 1. The molecule has 3 rings (SSSR count). The predicted octanol–water partition coefficient (Wildman–Crippen LogP) is 4.33. The van der Waals surface area contributed by atoms with Gasteiger partial charge in [0, 0.05) is 29.3 Å². The second-order valence-corrected chi connectivity index (χ2v) is 8.55. The van der Waals surface area contributed by atoms with Crippen molar-refractivity contribution < 1.29 is 14.3 Å². The quantitative estimate of drug-likeness (QED) is 0.808. The van der Waals surface area contributed by atoms with Gasteiger partial charge in [-0.3, -0.25) is 9.59 Å². The monoisotopic (exact) mass is 367 g/mol. The largest absolute Gasteiger partial charge is 0.465 e. The van der Waals surface area contributed by atoms with E-state index in [0.717, 1.165) is 34.4 Å². The standard InChI is InChI=1S/C23H29NO3/c1-7-27-22(26)19-15(4)24-17-11-23(5,6)12-18(25)21(17)20(19)16-9-8-13(2)10-14(16)3/h8-10,19-20,24H,4,7,11-12H2,1-3,5-6H3. The molecule has 2 unspecified atom stereocenters. The minimum Gasteiger partial charge on any atom is -0.465 e. The Morgan fingerprint density at radius 1 is 1.30 bits per heavy atom. The Bertz CT molecular complexity index is 847. The lowest BCUT2D eigenvalue weighted by molar-refractivity contribution is -0.147. The van der Waals surface area contributed by atoms with Crippen molar-refractivity contribution >= 4 is 11.8 Å². The van der Waals surface area contributed by atoms with Crippen molar-refractivity contribution in [3.63, 3.8) is 0 Å². The average molecular weight is 367 g/mol. The average Bonchev–Trinajstić information content (AvgIpc) is 2.52. The van der Waals surface area contributed by atoms with Gasteiger partial charge < -0.3 is 10.1 Å². The normalized spacial score (nSPS) is 24.3. The minimum atomic E-state index is -0.602. The molecule has 0 spiro atoms. The van der Waals surface area contributed by atoms with E-state index in [1.807, 2.05) is 26.0 Å². The maximum Gasteiger partial charge on any atom is 0.315 e. The summed E-state index contributed by atoms with van der Waals surface area (Å²) >= 11 is 0. The molecule has 1 N–H and O–H groups in total. The van der Waals surface area contributed by atoms with E-state index < -0.39 is 5.92 Å². The summed E-state index contributed by atoms with van der Waals surface area (Å²) in [6.07, 6.45) is 1.25. The molecule has 0 radical (unpaired) electrons. The molecule has 2 atom stereocenters. The molecule has 2 aliphatic rings. The molecule has 1 aromatic rings. The molecule has 1 aliphatic carbocycles. The summed E-state index contributed by atoms with van der Waals surface area (Å²) in [5.41, 5.74) is 5.38. The van der Waals surface area contributed by atoms with Crippen LogP contribution in [0.4, 0.5) is 0 Å². The number of carbonyl (C=O) groups is 2. The molecule has 0 aromatic heterocycles. The number of Topliss-reactive ketones (excluding diaryl/α,β-unsaturated/α-hetero) is 1. The number of benzene rings is 1. The van der Waals surface area contributed by atoms with Crippen LogP contribution >= 0.6 is 0 Å². The van der Waals surface area contributed by atoms with Gasteiger partial charge in [-0.1, -0.05) is 44.2 Å². The highest BCUT2D eigenvalue weighted by Gasteiger charge is 2.46. The van der Waals surface area contributed by atoms with Crippen LogP contribution in [-0.2, 0) is 14.3 Å². The maximum atomic E-state index is 13.2. The van der Waals surface area contributed by atoms with Crippen LogP contribution in [-0.4, -0.2) is 18.4 Å². The lowest BCUT2D eigenvalue weighted by Crippen LogP contribution is -2.44. The number of esters is 1. The molecule has 0 saturated carbocycles. The van der Waals surface area contributed by atoms with Gasteiger partial charge in [0.15, 0.2) is 5.78 Å². The van der Waals surface area contributed by atoms with Crippen LogP contribution in [0.15, 0.2) is 41.7 Å². The first-order valence-corrected chi connectivity index (χ1v) is 9.60. The van der Waals surface area contributed by atoms with Crippen molar-refractivity contribution in [2.24, 2.45) is 11.3 Å². The SMILES string of the molecule is C=C1NC2=C(C(=O)CC(C)(C)C2)C(c2ccc(C)cc2C)C1C(=O)OCC. The highest BCUT2D eigenvalue weighted by molar-refractivity contribution is 6.01. The number of allylic oxidation sites excluding steroid dienone is 2. The molecule has 27 heavy (non-hydrogen) atoms. The Morgan fingerprint density at radius 3 is 2.63 bits per heavy atom. The minimum absolute atomic E-state index is 0.104. The second-order valence-electron chi connectivity index (χ2n) is 8.55. The van der Waals surface area contributed by atoms with Crippen LogP contribution < -0.4 is 5.32 Å². The Kier molecular flexibility index (Phi) is 5.02. The van der Waals surface area contributed by atoms with E-state index in [2.05, 4.69) is 31.8 Å². The molecule has 144 valence electrons. The molecule has 0 saturated heterocycles. The van der Waals surface area contributed by atoms with E-state index in [4.69, 9.17) is 4.74 Å². The van der Waals surface area contributed by atoms with E-state index in [1.54, 1.807) is 6.92 Å². The topological polar surface area (TPSA) is 55.4 Å². The zero-order valence-corrected chi connectivity index (χ0v) is 16.9. The summed E-state index contributed by atoms with van der Waals surface area (Å²) in [5, 5.41) is 3.29. The van der Waals surface area contributed by atoms with Crippen LogP contribution in [0.2, 0.25) is 0 Å². The molecular weight excluding hydrogens is 338 g/mol. The van der Waals surface area contributed by atoms with Gasteiger partial charge >= 0.3 is 5.97 Å². The van der Waals surface area contributed by atoms with Crippen molar-refractivity contribution in [1.82, 2.24) is 5.32 Å². The van der Waals surface area contributed by atoms with Crippen molar-refractivity contribution in [3.8, 4) is 0 Å². The number of carbonyl (C=O) groups excluding carboxylic acids is 2. The summed E-state index contributed by atoms with van der Waals surface area (Å²) < 4.78 is 5.35. The van der Waals surface area contributed by atoms with Gasteiger partial charge in [-0.25, -0.2) is 0 Å². The van der Waals surface area contributed by atoms with Crippen LogP contribution in [0.3, 0.4) is 0 Å². The van der Waals surface area contributed by atoms with Gasteiger partial charge in [-0.05, 0) is 43.7 Å². The molecule has 1 heterocycles. The number of ether oxygens (including phenoxy) is 1. The summed E-state index contributed by atoms with van der Waals surface area (Å²) in [4.78, 5) is 26.0. The van der Waals surface area contributed by atoms with Crippen molar-refractivity contribution in [2.75, 3.05) is 6.61 Å². The van der Waals surface area contributed by atoms with Crippen molar-refractivity contribution in [2.45, 2.75) is 53.4 Å². The fraction of sp³-hybridized carbons (Fsp3) is 0.478. The van der Waals surface area contributed by atoms with Crippen LogP contribution in [0.5, 0.6) is 0 Å². The summed E-state index contributed by atoms with van der Waals surface area (Å²) in [5.74, 6) is -1.17. The number of hydrogen-bond donors (Lipinski definition) is 1. The molecular formula is C23H29NO3. The zero-order chi connectivity index (χ0) is 19.9.